The Kier molecular flexibility index (Phi) is 7.14. The van der Waals surface area contributed by atoms with Crippen molar-refractivity contribution in [1.29, 1.82) is 0 Å². The molecule has 0 saturated carbocycles. The lowest BCUT2D eigenvalue weighted by atomic mass is 10.2. The van der Waals surface area contributed by atoms with Gasteiger partial charge in [0.1, 0.15) is 17.1 Å². The van der Waals surface area contributed by atoms with E-state index < -0.39 is 41.3 Å². The van der Waals surface area contributed by atoms with Gasteiger partial charge in [0.15, 0.2) is 12.7 Å². The van der Waals surface area contributed by atoms with Crippen LogP contribution in [0.3, 0.4) is 0 Å². The third-order valence-electron chi connectivity index (χ3n) is 3.97. The number of carbonyl (C=O) groups excluding carboxylic acids is 2. The van der Waals surface area contributed by atoms with E-state index in [1.165, 1.54) is 0 Å². The molecule has 1 aromatic carbocycles. The molecule has 2 aromatic rings. The summed E-state index contributed by atoms with van der Waals surface area (Å²) in [7, 11) is 0. The number of hydrogen-bond donors (Lipinski definition) is 2. The molecule has 3 N–H and O–H groups in total. The zero-order chi connectivity index (χ0) is 20.7. The van der Waals surface area contributed by atoms with Crippen LogP contribution in [0.1, 0.15) is 37.0 Å². The number of Topliss-reactive ketones (excluding diaryl/α,β-unsaturated/α-hetero) is 1. The van der Waals surface area contributed by atoms with Crippen molar-refractivity contribution >= 4 is 17.6 Å². The smallest absolute Gasteiger partial charge is 0.347 e. The molecule has 2 rings (SSSR count). The molecular weight excluding hydrogens is 366 g/mol. The van der Waals surface area contributed by atoms with Gasteiger partial charge in [0.25, 0.3) is 5.56 Å². The Morgan fingerprint density at radius 1 is 1.18 bits per heavy atom. The number of H-pyrrole nitrogens is 1. The number of aromatic nitrogens is 2. The predicted octanol–water partition coefficient (Wildman–Crippen LogP) is 1.11. The van der Waals surface area contributed by atoms with Gasteiger partial charge in [0, 0.05) is 6.54 Å². The monoisotopic (exact) mass is 389 g/mol. The van der Waals surface area contributed by atoms with E-state index in [1.54, 1.807) is 31.2 Å². The van der Waals surface area contributed by atoms with Crippen LogP contribution in [0.4, 0.5) is 5.82 Å². The van der Waals surface area contributed by atoms with Crippen LogP contribution < -0.4 is 21.7 Å². The number of hydrogen-bond acceptors (Lipinski definition) is 7. The van der Waals surface area contributed by atoms with Gasteiger partial charge in [0.05, 0.1) is 0 Å². The summed E-state index contributed by atoms with van der Waals surface area (Å²) in [6.07, 6.45) is -0.000322. The highest BCUT2D eigenvalue weighted by Crippen LogP contribution is 2.14. The normalized spacial score (nSPS) is 11.6. The largest absolute Gasteiger partial charge is 0.479 e. The molecule has 0 unspecified atom stereocenters. The molecule has 1 aromatic heterocycles. The third-order valence-corrected chi connectivity index (χ3v) is 3.97. The van der Waals surface area contributed by atoms with Crippen molar-refractivity contribution < 1.29 is 19.1 Å². The first kappa shape index (κ1) is 20.9. The molecule has 0 aliphatic carbocycles. The van der Waals surface area contributed by atoms with Gasteiger partial charge >= 0.3 is 11.7 Å². The summed E-state index contributed by atoms with van der Waals surface area (Å²) in [6.45, 7) is 3.10. The zero-order valence-electron chi connectivity index (χ0n) is 15.8. The highest BCUT2D eigenvalue weighted by Gasteiger charge is 2.24. The number of esters is 1. The predicted molar refractivity (Wildman–Crippen MR) is 102 cm³/mol. The molecule has 1 atom stereocenters. The molecule has 9 nitrogen and oxygen atoms in total. The summed E-state index contributed by atoms with van der Waals surface area (Å²) in [5.74, 6) is -1.29. The molecule has 0 aliphatic rings. The number of anilines is 1. The fraction of sp³-hybridized carbons (Fsp3) is 0.368. The summed E-state index contributed by atoms with van der Waals surface area (Å²) in [5, 5.41) is 0. The van der Waals surface area contributed by atoms with Crippen LogP contribution in [0, 0.1) is 0 Å². The quantitative estimate of drug-likeness (QED) is 0.485. The number of nitrogens with two attached hydrogens (primary N) is 1. The van der Waals surface area contributed by atoms with Crippen molar-refractivity contribution in [2.75, 3.05) is 12.3 Å². The molecular formula is C19H23N3O6. The lowest BCUT2D eigenvalue weighted by molar-refractivity contribution is -0.150. The van der Waals surface area contributed by atoms with Gasteiger partial charge in [-0.05, 0) is 25.0 Å². The summed E-state index contributed by atoms with van der Waals surface area (Å²) in [6, 6.07) is 8.72. The Hall–Kier alpha value is -3.36. The number of benzene rings is 1. The Balaban J connectivity index is 2.11. The second kappa shape index (κ2) is 9.54. The van der Waals surface area contributed by atoms with E-state index >= 15 is 0 Å². The van der Waals surface area contributed by atoms with Gasteiger partial charge < -0.3 is 15.2 Å². The molecule has 0 amide bonds. The summed E-state index contributed by atoms with van der Waals surface area (Å²) < 4.78 is 11.7. The number of ketones is 1. The number of nitrogens with zero attached hydrogens (tertiary/aromatic N) is 1. The first-order chi connectivity index (χ1) is 13.4. The van der Waals surface area contributed by atoms with E-state index in [4.69, 9.17) is 15.2 Å². The number of para-hydroxylation sites is 1. The highest BCUT2D eigenvalue weighted by atomic mass is 16.6. The van der Waals surface area contributed by atoms with Crippen LogP contribution in [0.15, 0.2) is 39.9 Å². The maximum atomic E-state index is 12.4. The maximum absolute atomic E-state index is 12.4. The minimum atomic E-state index is -0.913. The van der Waals surface area contributed by atoms with Crippen LogP contribution in [-0.4, -0.2) is 34.0 Å². The van der Waals surface area contributed by atoms with Gasteiger partial charge in [0.2, 0.25) is 5.78 Å². The molecule has 0 saturated heterocycles. The van der Waals surface area contributed by atoms with E-state index in [9.17, 15) is 19.2 Å². The van der Waals surface area contributed by atoms with E-state index in [-0.39, 0.29) is 12.4 Å². The molecule has 0 spiro atoms. The van der Waals surface area contributed by atoms with E-state index in [1.807, 2.05) is 13.0 Å². The highest BCUT2D eigenvalue weighted by molar-refractivity contribution is 6.01. The second-order valence-electron chi connectivity index (χ2n) is 6.03. The average molecular weight is 389 g/mol. The van der Waals surface area contributed by atoms with Crippen molar-refractivity contribution in [3.63, 3.8) is 0 Å². The SMILES string of the molecule is CCCn1c(N)c(C(=O)COC(=O)[C@@H](CC)Oc2ccccc2)c(=O)[nH]c1=O. The van der Waals surface area contributed by atoms with Crippen molar-refractivity contribution in [2.45, 2.75) is 39.3 Å². The van der Waals surface area contributed by atoms with Crippen molar-refractivity contribution in [2.24, 2.45) is 0 Å². The maximum Gasteiger partial charge on any atom is 0.347 e. The Labute approximate surface area is 161 Å². The fourth-order valence-corrected chi connectivity index (χ4v) is 2.57. The molecule has 0 aliphatic heterocycles. The standard InChI is InChI=1S/C19H23N3O6/c1-3-10-22-16(20)15(17(24)21-19(22)26)13(23)11-27-18(25)14(4-2)28-12-8-6-5-7-9-12/h5-9,14H,3-4,10-11,20H2,1-2H3,(H,21,24,26)/t14-/m1/s1. The molecule has 0 radical (unpaired) electrons. The first-order valence-electron chi connectivity index (χ1n) is 8.93. The number of nitrogen functional groups attached to an aromatic ring is 1. The van der Waals surface area contributed by atoms with E-state index in [2.05, 4.69) is 4.98 Å². The number of rotatable bonds is 9. The number of aromatic amines is 1. The number of ether oxygens (including phenoxy) is 2. The van der Waals surface area contributed by atoms with Crippen LogP contribution in [0.2, 0.25) is 0 Å². The van der Waals surface area contributed by atoms with Gasteiger partial charge in [-0.3, -0.25) is 19.1 Å². The van der Waals surface area contributed by atoms with Crippen LogP contribution in [-0.2, 0) is 16.1 Å². The van der Waals surface area contributed by atoms with Gasteiger partial charge in [-0.15, -0.1) is 0 Å². The lowest BCUT2D eigenvalue weighted by Crippen LogP contribution is -2.37. The fourth-order valence-electron chi connectivity index (χ4n) is 2.57. The van der Waals surface area contributed by atoms with E-state index in [0.717, 1.165) is 4.57 Å². The van der Waals surface area contributed by atoms with Gasteiger partial charge in [-0.25, -0.2) is 9.59 Å². The summed E-state index contributed by atoms with van der Waals surface area (Å²) >= 11 is 0. The Morgan fingerprint density at radius 3 is 2.46 bits per heavy atom. The summed E-state index contributed by atoms with van der Waals surface area (Å²) in [5.41, 5.74) is 3.81. The van der Waals surface area contributed by atoms with E-state index in [0.29, 0.717) is 18.6 Å². The Bertz CT molecular complexity index is 948. The lowest BCUT2D eigenvalue weighted by Gasteiger charge is -2.16. The molecule has 150 valence electrons. The number of carbonyl (C=O) groups is 2. The topological polar surface area (TPSA) is 133 Å². The molecule has 0 bridgehead atoms. The summed E-state index contributed by atoms with van der Waals surface area (Å²) in [4.78, 5) is 50.5. The minimum absolute atomic E-state index is 0.240. The first-order valence-corrected chi connectivity index (χ1v) is 8.93. The minimum Gasteiger partial charge on any atom is -0.479 e. The number of nitrogens with one attached hydrogen (secondary N) is 1. The van der Waals surface area contributed by atoms with Crippen molar-refractivity contribution in [3.8, 4) is 5.75 Å². The molecule has 0 fully saturated rings. The molecule has 28 heavy (non-hydrogen) atoms. The average Bonchev–Trinajstić information content (AvgIpc) is 2.68. The molecule has 1 heterocycles. The second-order valence-corrected chi connectivity index (χ2v) is 6.03. The van der Waals surface area contributed by atoms with Crippen LogP contribution in [0.5, 0.6) is 5.75 Å². The Morgan fingerprint density at radius 2 is 1.86 bits per heavy atom. The van der Waals surface area contributed by atoms with Crippen LogP contribution in [0.25, 0.3) is 0 Å². The van der Waals surface area contributed by atoms with Gasteiger partial charge in [-0.1, -0.05) is 32.0 Å². The van der Waals surface area contributed by atoms with Crippen molar-refractivity contribution in [3.05, 3.63) is 56.7 Å². The molecule has 9 heteroatoms. The third kappa shape index (κ3) is 4.87. The van der Waals surface area contributed by atoms with Crippen molar-refractivity contribution in [1.82, 2.24) is 9.55 Å². The van der Waals surface area contributed by atoms with Gasteiger partial charge in [-0.2, -0.15) is 0 Å². The van der Waals surface area contributed by atoms with Crippen LogP contribution >= 0.6 is 0 Å². The zero-order valence-corrected chi connectivity index (χ0v) is 15.8.